The number of hydrogen-bond acceptors (Lipinski definition) is 4. The minimum atomic E-state index is -3.78. The molecule has 0 heterocycles. The van der Waals surface area contributed by atoms with E-state index < -0.39 is 10.0 Å². The first-order valence-electron chi connectivity index (χ1n) is 6.38. The predicted octanol–water partition coefficient (Wildman–Crippen LogP) is 0.893. The Morgan fingerprint density at radius 3 is 2.50 bits per heavy atom. The molecular weight excluding hydrogens is 278 g/mol. The standard InChI is InChI=1S/C13H21N3O3S/c1-9(2)6-10(8-14)13(17)16-11-4-3-5-12(7-11)20(15,18)19/h3-5,7,9-10H,6,8,14H2,1-2H3,(H,16,17)(H2,15,18,19). The number of primary sulfonamides is 1. The van der Waals surface area contributed by atoms with Gasteiger partial charge in [-0.1, -0.05) is 19.9 Å². The highest BCUT2D eigenvalue weighted by molar-refractivity contribution is 7.89. The molecule has 0 aromatic heterocycles. The molecule has 0 spiro atoms. The molecule has 20 heavy (non-hydrogen) atoms. The van der Waals surface area contributed by atoms with Crippen molar-refractivity contribution in [1.29, 1.82) is 0 Å². The van der Waals surface area contributed by atoms with Crippen LogP contribution in [0.2, 0.25) is 0 Å². The largest absolute Gasteiger partial charge is 0.330 e. The number of carbonyl (C=O) groups is 1. The van der Waals surface area contributed by atoms with Crippen LogP contribution < -0.4 is 16.2 Å². The first kappa shape index (κ1) is 16.6. The normalized spacial score (nSPS) is 13.2. The van der Waals surface area contributed by atoms with Crippen molar-refractivity contribution in [3.8, 4) is 0 Å². The lowest BCUT2D eigenvalue weighted by atomic mass is 9.96. The lowest BCUT2D eigenvalue weighted by molar-refractivity contribution is -0.120. The van der Waals surface area contributed by atoms with Crippen molar-refractivity contribution in [3.63, 3.8) is 0 Å². The van der Waals surface area contributed by atoms with Crippen LogP contribution in [0.4, 0.5) is 5.69 Å². The highest BCUT2D eigenvalue weighted by Crippen LogP contribution is 2.17. The monoisotopic (exact) mass is 299 g/mol. The summed E-state index contributed by atoms with van der Waals surface area (Å²) in [6.07, 6.45) is 0.678. The van der Waals surface area contributed by atoms with Gasteiger partial charge >= 0.3 is 0 Å². The molecule has 1 unspecified atom stereocenters. The Hall–Kier alpha value is -1.44. The van der Waals surface area contributed by atoms with E-state index in [-0.39, 0.29) is 23.3 Å². The third-order valence-electron chi connectivity index (χ3n) is 2.84. The van der Waals surface area contributed by atoms with E-state index in [0.717, 1.165) is 0 Å². The molecule has 0 aliphatic heterocycles. The van der Waals surface area contributed by atoms with E-state index in [1.54, 1.807) is 6.07 Å². The summed E-state index contributed by atoms with van der Waals surface area (Å²) < 4.78 is 22.5. The summed E-state index contributed by atoms with van der Waals surface area (Å²) in [5, 5.41) is 7.72. The maximum atomic E-state index is 12.1. The fraction of sp³-hybridized carbons (Fsp3) is 0.462. The van der Waals surface area contributed by atoms with Crippen molar-refractivity contribution in [3.05, 3.63) is 24.3 Å². The summed E-state index contributed by atoms with van der Waals surface area (Å²) in [6.45, 7) is 4.27. The van der Waals surface area contributed by atoms with Gasteiger partial charge in [0.2, 0.25) is 15.9 Å². The number of hydrogen-bond donors (Lipinski definition) is 3. The topological polar surface area (TPSA) is 115 Å². The second kappa shape index (κ2) is 6.83. The Bertz CT molecular complexity index is 570. The molecule has 1 atom stereocenters. The predicted molar refractivity (Wildman–Crippen MR) is 78.4 cm³/mol. The van der Waals surface area contributed by atoms with Gasteiger partial charge in [0.15, 0.2) is 0 Å². The van der Waals surface area contributed by atoms with E-state index in [9.17, 15) is 13.2 Å². The van der Waals surface area contributed by atoms with Gasteiger partial charge < -0.3 is 11.1 Å². The van der Waals surface area contributed by atoms with Gasteiger partial charge in [0.05, 0.1) is 10.8 Å². The minimum absolute atomic E-state index is 0.0385. The molecule has 0 radical (unpaired) electrons. The van der Waals surface area contributed by atoms with E-state index in [0.29, 0.717) is 18.0 Å². The molecule has 1 aromatic rings. The van der Waals surface area contributed by atoms with Crippen LogP contribution in [0.1, 0.15) is 20.3 Å². The van der Waals surface area contributed by atoms with Gasteiger partial charge in [-0.2, -0.15) is 0 Å². The van der Waals surface area contributed by atoms with Crippen LogP contribution in [0.5, 0.6) is 0 Å². The fourth-order valence-electron chi connectivity index (χ4n) is 1.87. The third-order valence-corrected chi connectivity index (χ3v) is 3.75. The molecule has 1 amide bonds. The van der Waals surface area contributed by atoms with Gasteiger partial charge in [0, 0.05) is 12.2 Å². The lowest BCUT2D eigenvalue weighted by Crippen LogP contribution is -2.30. The molecule has 1 aromatic carbocycles. The van der Waals surface area contributed by atoms with Crippen LogP contribution in [-0.4, -0.2) is 20.9 Å². The van der Waals surface area contributed by atoms with E-state index in [4.69, 9.17) is 10.9 Å². The lowest BCUT2D eigenvalue weighted by Gasteiger charge is -2.17. The zero-order valence-corrected chi connectivity index (χ0v) is 12.5. The molecule has 0 saturated heterocycles. The second-order valence-electron chi connectivity index (χ2n) is 5.12. The summed E-state index contributed by atoms with van der Waals surface area (Å²) in [4.78, 5) is 12.0. The number of sulfonamides is 1. The Morgan fingerprint density at radius 2 is 2.00 bits per heavy atom. The molecule has 1 rings (SSSR count). The maximum Gasteiger partial charge on any atom is 0.238 e. The first-order chi connectivity index (χ1) is 9.24. The van der Waals surface area contributed by atoms with Crippen molar-refractivity contribution in [2.24, 2.45) is 22.7 Å². The quantitative estimate of drug-likeness (QED) is 0.723. The number of benzene rings is 1. The molecule has 0 saturated carbocycles. The SMILES string of the molecule is CC(C)CC(CN)C(=O)Nc1cccc(S(N)(=O)=O)c1. The number of anilines is 1. The number of carbonyl (C=O) groups excluding carboxylic acids is 1. The van der Waals surface area contributed by atoms with Gasteiger partial charge in [-0.05, 0) is 30.5 Å². The molecule has 0 fully saturated rings. The molecule has 112 valence electrons. The van der Waals surface area contributed by atoms with Crippen molar-refractivity contribution in [1.82, 2.24) is 0 Å². The number of nitrogens with one attached hydrogen (secondary N) is 1. The van der Waals surface area contributed by atoms with Crippen LogP contribution in [0.15, 0.2) is 29.2 Å². The van der Waals surface area contributed by atoms with E-state index in [2.05, 4.69) is 5.32 Å². The van der Waals surface area contributed by atoms with Gasteiger partial charge in [0.25, 0.3) is 0 Å². The highest BCUT2D eigenvalue weighted by atomic mass is 32.2. The van der Waals surface area contributed by atoms with Crippen LogP contribution in [0.25, 0.3) is 0 Å². The average molecular weight is 299 g/mol. The van der Waals surface area contributed by atoms with Gasteiger partial charge in [-0.15, -0.1) is 0 Å². The Morgan fingerprint density at radius 1 is 1.35 bits per heavy atom. The fourth-order valence-corrected chi connectivity index (χ4v) is 2.43. The summed E-state index contributed by atoms with van der Waals surface area (Å²) in [5.74, 6) is -0.161. The second-order valence-corrected chi connectivity index (χ2v) is 6.69. The highest BCUT2D eigenvalue weighted by Gasteiger charge is 2.18. The molecule has 0 aliphatic rings. The molecular formula is C13H21N3O3S. The van der Waals surface area contributed by atoms with Crippen molar-refractivity contribution in [2.45, 2.75) is 25.2 Å². The Kier molecular flexibility index (Phi) is 5.67. The summed E-state index contributed by atoms with van der Waals surface area (Å²) in [5.41, 5.74) is 5.99. The van der Waals surface area contributed by atoms with Gasteiger partial charge in [-0.25, -0.2) is 13.6 Å². The zero-order chi connectivity index (χ0) is 15.3. The molecule has 0 aliphatic carbocycles. The van der Waals surface area contributed by atoms with Crippen LogP contribution >= 0.6 is 0 Å². The smallest absolute Gasteiger partial charge is 0.238 e. The van der Waals surface area contributed by atoms with Crippen LogP contribution in [0, 0.1) is 11.8 Å². The van der Waals surface area contributed by atoms with Crippen molar-refractivity contribution >= 4 is 21.6 Å². The van der Waals surface area contributed by atoms with Crippen LogP contribution in [-0.2, 0) is 14.8 Å². The molecule has 6 nitrogen and oxygen atoms in total. The van der Waals surface area contributed by atoms with E-state index >= 15 is 0 Å². The Balaban J connectivity index is 2.85. The molecule has 7 heteroatoms. The molecule has 0 bridgehead atoms. The molecule has 5 N–H and O–H groups in total. The number of nitrogens with two attached hydrogens (primary N) is 2. The third kappa shape index (κ3) is 4.92. The number of amides is 1. The van der Waals surface area contributed by atoms with E-state index in [1.165, 1.54) is 18.2 Å². The van der Waals surface area contributed by atoms with Gasteiger partial charge in [0.1, 0.15) is 0 Å². The van der Waals surface area contributed by atoms with Crippen molar-refractivity contribution < 1.29 is 13.2 Å². The van der Waals surface area contributed by atoms with Crippen LogP contribution in [0.3, 0.4) is 0 Å². The first-order valence-corrected chi connectivity index (χ1v) is 7.92. The zero-order valence-electron chi connectivity index (χ0n) is 11.7. The summed E-state index contributed by atoms with van der Waals surface area (Å²) in [7, 11) is -3.78. The summed E-state index contributed by atoms with van der Waals surface area (Å²) in [6, 6.07) is 5.83. The van der Waals surface area contributed by atoms with Crippen molar-refractivity contribution in [2.75, 3.05) is 11.9 Å². The Labute approximate surface area is 119 Å². The average Bonchev–Trinajstić information content (AvgIpc) is 2.34. The van der Waals surface area contributed by atoms with Gasteiger partial charge in [-0.3, -0.25) is 4.79 Å². The number of rotatable bonds is 6. The summed E-state index contributed by atoms with van der Waals surface area (Å²) >= 11 is 0. The minimum Gasteiger partial charge on any atom is -0.330 e. The van der Waals surface area contributed by atoms with E-state index in [1.807, 2.05) is 13.8 Å². The maximum absolute atomic E-state index is 12.1.